The Kier molecular flexibility index (Phi) is 5.59. The molecule has 1 aliphatic heterocycles. The van der Waals surface area contributed by atoms with Crippen molar-refractivity contribution >= 4 is 5.91 Å². The van der Waals surface area contributed by atoms with E-state index in [2.05, 4.69) is 10.6 Å². The van der Waals surface area contributed by atoms with E-state index >= 15 is 0 Å². The fourth-order valence-corrected chi connectivity index (χ4v) is 2.53. The Morgan fingerprint density at radius 1 is 1.35 bits per heavy atom. The summed E-state index contributed by atoms with van der Waals surface area (Å²) in [7, 11) is 0. The first kappa shape index (κ1) is 17.7. The number of rotatable bonds is 4. The van der Waals surface area contributed by atoms with Gasteiger partial charge in [-0.05, 0) is 24.6 Å². The van der Waals surface area contributed by atoms with Crippen LogP contribution in [0.4, 0.5) is 17.6 Å². The second-order valence-electron chi connectivity index (χ2n) is 5.54. The number of nitrogens with zero attached hydrogens (tertiary/aromatic N) is 1. The lowest BCUT2D eigenvalue weighted by Gasteiger charge is -2.35. The van der Waals surface area contributed by atoms with Gasteiger partial charge >= 0.3 is 6.18 Å². The monoisotopic (exact) mass is 333 g/mol. The second kappa shape index (κ2) is 7.27. The van der Waals surface area contributed by atoms with E-state index in [9.17, 15) is 22.4 Å². The van der Waals surface area contributed by atoms with Gasteiger partial charge in [0, 0.05) is 32.7 Å². The van der Waals surface area contributed by atoms with Crippen molar-refractivity contribution in [3.8, 4) is 0 Å². The van der Waals surface area contributed by atoms with Crippen molar-refractivity contribution in [2.75, 3.05) is 32.7 Å². The van der Waals surface area contributed by atoms with Crippen molar-refractivity contribution in [2.45, 2.75) is 19.1 Å². The molecule has 1 heterocycles. The SMILES string of the molecule is Cc1ccc(C(=O)NCC(N2CCNCC2)C(F)(F)F)c(F)c1. The highest BCUT2D eigenvalue weighted by Crippen LogP contribution is 2.25. The van der Waals surface area contributed by atoms with E-state index in [0.717, 1.165) is 0 Å². The highest BCUT2D eigenvalue weighted by molar-refractivity contribution is 5.94. The topological polar surface area (TPSA) is 44.4 Å². The first-order valence-electron chi connectivity index (χ1n) is 7.35. The van der Waals surface area contributed by atoms with Crippen LogP contribution in [-0.2, 0) is 0 Å². The van der Waals surface area contributed by atoms with E-state index in [1.165, 1.54) is 23.1 Å². The number of carbonyl (C=O) groups is 1. The summed E-state index contributed by atoms with van der Waals surface area (Å²) in [5.41, 5.74) is 0.380. The minimum absolute atomic E-state index is 0.249. The third-order valence-electron chi connectivity index (χ3n) is 3.80. The van der Waals surface area contributed by atoms with Gasteiger partial charge in [-0.3, -0.25) is 9.69 Å². The third kappa shape index (κ3) is 4.65. The minimum Gasteiger partial charge on any atom is -0.350 e. The third-order valence-corrected chi connectivity index (χ3v) is 3.80. The summed E-state index contributed by atoms with van der Waals surface area (Å²) in [5, 5.41) is 5.18. The molecule has 0 radical (unpaired) electrons. The molecule has 128 valence electrons. The largest absolute Gasteiger partial charge is 0.405 e. The van der Waals surface area contributed by atoms with Gasteiger partial charge < -0.3 is 10.6 Å². The molecule has 0 aliphatic carbocycles. The van der Waals surface area contributed by atoms with Crippen molar-refractivity contribution in [1.29, 1.82) is 0 Å². The van der Waals surface area contributed by atoms with Crippen molar-refractivity contribution in [3.63, 3.8) is 0 Å². The lowest BCUT2D eigenvalue weighted by molar-refractivity contribution is -0.183. The number of benzene rings is 1. The summed E-state index contributed by atoms with van der Waals surface area (Å²) >= 11 is 0. The molecule has 1 unspecified atom stereocenters. The summed E-state index contributed by atoms with van der Waals surface area (Å²) in [6.45, 7) is 2.49. The molecule has 1 fully saturated rings. The van der Waals surface area contributed by atoms with Gasteiger partial charge in [0.1, 0.15) is 11.9 Å². The van der Waals surface area contributed by atoms with Crippen LogP contribution in [0.3, 0.4) is 0 Å². The van der Waals surface area contributed by atoms with Gasteiger partial charge in [0.15, 0.2) is 0 Å². The average molecular weight is 333 g/mol. The quantitative estimate of drug-likeness (QED) is 0.825. The van der Waals surface area contributed by atoms with Crippen molar-refractivity contribution in [2.24, 2.45) is 0 Å². The van der Waals surface area contributed by atoms with E-state index in [-0.39, 0.29) is 18.7 Å². The summed E-state index contributed by atoms with van der Waals surface area (Å²) in [4.78, 5) is 13.2. The summed E-state index contributed by atoms with van der Waals surface area (Å²) in [5.74, 6) is -1.58. The Morgan fingerprint density at radius 2 is 2.00 bits per heavy atom. The van der Waals surface area contributed by atoms with Gasteiger partial charge in [-0.15, -0.1) is 0 Å². The Labute approximate surface area is 131 Å². The molecule has 1 saturated heterocycles. The van der Waals surface area contributed by atoms with Crippen LogP contribution in [-0.4, -0.2) is 55.7 Å². The molecule has 0 saturated carbocycles. The van der Waals surface area contributed by atoms with E-state index in [1.807, 2.05) is 0 Å². The Bertz CT molecular complexity index is 556. The maximum Gasteiger partial charge on any atom is 0.405 e. The molecule has 1 atom stereocenters. The van der Waals surface area contributed by atoms with Crippen LogP contribution in [0.1, 0.15) is 15.9 Å². The fourth-order valence-electron chi connectivity index (χ4n) is 2.53. The van der Waals surface area contributed by atoms with Crippen LogP contribution in [0.5, 0.6) is 0 Å². The van der Waals surface area contributed by atoms with Gasteiger partial charge in [-0.2, -0.15) is 13.2 Å². The average Bonchev–Trinajstić information content (AvgIpc) is 2.47. The number of hydrogen-bond acceptors (Lipinski definition) is 3. The lowest BCUT2D eigenvalue weighted by Crippen LogP contribution is -2.57. The van der Waals surface area contributed by atoms with E-state index in [1.54, 1.807) is 6.92 Å². The maximum absolute atomic E-state index is 13.7. The molecule has 8 heteroatoms. The standard InChI is InChI=1S/C15H19F4N3O/c1-10-2-3-11(12(16)8-10)14(23)21-9-13(15(17,18)19)22-6-4-20-5-7-22/h2-3,8,13,20H,4-7,9H2,1H3,(H,21,23). The zero-order valence-electron chi connectivity index (χ0n) is 12.7. The Balaban J connectivity index is 2.04. The molecular weight excluding hydrogens is 314 g/mol. The highest BCUT2D eigenvalue weighted by atomic mass is 19.4. The summed E-state index contributed by atoms with van der Waals surface area (Å²) < 4.78 is 53.3. The molecule has 0 aromatic heterocycles. The normalized spacial score (nSPS) is 17.8. The van der Waals surface area contributed by atoms with Gasteiger partial charge in [0.25, 0.3) is 5.91 Å². The van der Waals surface area contributed by atoms with Crippen LogP contribution in [0.15, 0.2) is 18.2 Å². The first-order valence-corrected chi connectivity index (χ1v) is 7.35. The molecule has 2 rings (SSSR count). The zero-order valence-corrected chi connectivity index (χ0v) is 12.7. The first-order chi connectivity index (χ1) is 10.8. The van der Waals surface area contributed by atoms with Gasteiger partial charge in [0.05, 0.1) is 5.56 Å². The van der Waals surface area contributed by atoms with Crippen molar-refractivity contribution in [1.82, 2.24) is 15.5 Å². The van der Waals surface area contributed by atoms with Crippen molar-refractivity contribution < 1.29 is 22.4 Å². The molecule has 1 aromatic carbocycles. The number of alkyl halides is 3. The number of hydrogen-bond donors (Lipinski definition) is 2. The van der Waals surface area contributed by atoms with E-state index in [0.29, 0.717) is 18.7 Å². The van der Waals surface area contributed by atoms with Crippen molar-refractivity contribution in [3.05, 3.63) is 35.1 Å². The second-order valence-corrected chi connectivity index (χ2v) is 5.54. The summed E-state index contributed by atoms with van der Waals surface area (Å²) in [6.07, 6.45) is -4.46. The number of piperazine rings is 1. The predicted octanol–water partition coefficient (Wildman–Crippen LogP) is 1.70. The summed E-state index contributed by atoms with van der Waals surface area (Å²) in [6, 6.07) is 2.21. The minimum atomic E-state index is -4.46. The number of nitrogens with one attached hydrogen (secondary N) is 2. The molecule has 23 heavy (non-hydrogen) atoms. The Hall–Kier alpha value is -1.67. The number of amides is 1. The van der Waals surface area contributed by atoms with Crippen LogP contribution >= 0.6 is 0 Å². The maximum atomic E-state index is 13.7. The molecule has 1 amide bonds. The molecule has 0 bridgehead atoms. The number of carbonyl (C=O) groups excluding carboxylic acids is 1. The fraction of sp³-hybridized carbons (Fsp3) is 0.533. The lowest BCUT2D eigenvalue weighted by atomic mass is 10.1. The van der Waals surface area contributed by atoms with Gasteiger partial charge in [-0.25, -0.2) is 4.39 Å². The van der Waals surface area contributed by atoms with Crippen LogP contribution in [0.25, 0.3) is 0 Å². The van der Waals surface area contributed by atoms with Gasteiger partial charge in [-0.1, -0.05) is 6.07 Å². The van der Waals surface area contributed by atoms with E-state index in [4.69, 9.17) is 0 Å². The predicted molar refractivity (Wildman–Crippen MR) is 77.8 cm³/mol. The molecule has 1 aliphatic rings. The molecule has 0 spiro atoms. The molecule has 2 N–H and O–H groups in total. The zero-order chi connectivity index (χ0) is 17.0. The Morgan fingerprint density at radius 3 is 2.57 bits per heavy atom. The number of halogens is 4. The highest BCUT2D eigenvalue weighted by Gasteiger charge is 2.43. The smallest absolute Gasteiger partial charge is 0.350 e. The number of aryl methyl sites for hydroxylation is 1. The van der Waals surface area contributed by atoms with Crippen LogP contribution in [0.2, 0.25) is 0 Å². The van der Waals surface area contributed by atoms with Crippen LogP contribution < -0.4 is 10.6 Å². The molecule has 1 aromatic rings. The van der Waals surface area contributed by atoms with Crippen LogP contribution in [0, 0.1) is 12.7 Å². The van der Waals surface area contributed by atoms with E-state index < -0.39 is 30.5 Å². The molecule has 4 nitrogen and oxygen atoms in total. The van der Waals surface area contributed by atoms with Gasteiger partial charge in [0.2, 0.25) is 0 Å². The molecular formula is C15H19F4N3O.